The number of ether oxygens (including phenoxy) is 3. The van der Waals surface area contributed by atoms with Crippen LogP contribution in [-0.4, -0.2) is 37.9 Å². The highest BCUT2D eigenvalue weighted by atomic mass is 19.4. The van der Waals surface area contributed by atoms with E-state index in [4.69, 9.17) is 14.2 Å². The van der Waals surface area contributed by atoms with Crippen LogP contribution in [0.3, 0.4) is 0 Å². The minimum Gasteiger partial charge on any atom is -0.454 e. The van der Waals surface area contributed by atoms with E-state index in [0.29, 0.717) is 30.2 Å². The number of alkyl halides is 3. The zero-order valence-electron chi connectivity index (χ0n) is 15.3. The van der Waals surface area contributed by atoms with Gasteiger partial charge >= 0.3 is 6.18 Å². The Kier molecular flexibility index (Phi) is 6.08. The van der Waals surface area contributed by atoms with Crippen LogP contribution < -0.4 is 9.47 Å². The second-order valence-corrected chi connectivity index (χ2v) is 6.37. The van der Waals surface area contributed by atoms with Crippen LogP contribution in [0, 0.1) is 0 Å². The molecule has 0 unspecified atom stereocenters. The molecule has 5 nitrogen and oxygen atoms in total. The minimum atomic E-state index is -4.44. The number of hydrogen-bond donors (Lipinski definition) is 0. The molecule has 0 aliphatic carbocycles. The summed E-state index contributed by atoms with van der Waals surface area (Å²) in [5.74, 6) is 0.964. The van der Waals surface area contributed by atoms with Gasteiger partial charge in [0, 0.05) is 20.2 Å². The fourth-order valence-corrected chi connectivity index (χ4v) is 2.90. The fraction of sp³-hybridized carbons (Fsp3) is 0.350. The smallest absolute Gasteiger partial charge is 0.416 e. The van der Waals surface area contributed by atoms with Gasteiger partial charge in [0.1, 0.15) is 0 Å². The summed E-state index contributed by atoms with van der Waals surface area (Å²) in [5, 5.41) is 0. The lowest BCUT2D eigenvalue weighted by atomic mass is 10.1. The number of carbonyl (C=O) groups excluding carboxylic acids is 1. The number of halogens is 3. The van der Waals surface area contributed by atoms with Crippen LogP contribution in [0.1, 0.15) is 16.7 Å². The van der Waals surface area contributed by atoms with Gasteiger partial charge in [-0.1, -0.05) is 24.3 Å². The van der Waals surface area contributed by atoms with Gasteiger partial charge in [0.15, 0.2) is 11.5 Å². The van der Waals surface area contributed by atoms with E-state index >= 15 is 0 Å². The molecule has 1 aliphatic heterocycles. The van der Waals surface area contributed by atoms with Gasteiger partial charge in [0.25, 0.3) is 0 Å². The number of carbonyl (C=O) groups is 1. The van der Waals surface area contributed by atoms with Crippen molar-refractivity contribution in [3.63, 3.8) is 0 Å². The first-order valence-electron chi connectivity index (χ1n) is 8.68. The van der Waals surface area contributed by atoms with E-state index < -0.39 is 11.7 Å². The van der Waals surface area contributed by atoms with Crippen LogP contribution in [0.25, 0.3) is 0 Å². The van der Waals surface area contributed by atoms with Crippen LogP contribution in [0.2, 0.25) is 0 Å². The van der Waals surface area contributed by atoms with Gasteiger partial charge in [-0.05, 0) is 29.3 Å². The quantitative estimate of drug-likeness (QED) is 0.718. The molecule has 0 N–H and O–H groups in total. The SMILES string of the molecule is COCCN(Cc1ccc2c(c1)OCO2)C(=O)Cc1cccc(C(F)(F)F)c1. The third-order valence-electron chi connectivity index (χ3n) is 4.34. The Balaban J connectivity index is 1.73. The summed E-state index contributed by atoms with van der Waals surface area (Å²) in [6.45, 7) is 1.08. The molecule has 0 radical (unpaired) electrons. The third kappa shape index (κ3) is 4.95. The Bertz CT molecular complexity index is 838. The molecule has 3 rings (SSSR count). The van der Waals surface area contributed by atoms with E-state index in [-0.39, 0.29) is 25.7 Å². The third-order valence-corrected chi connectivity index (χ3v) is 4.34. The number of fused-ring (bicyclic) bond motifs is 1. The first kappa shape index (κ1) is 20.0. The van der Waals surface area contributed by atoms with Gasteiger partial charge in [0.05, 0.1) is 18.6 Å². The maximum Gasteiger partial charge on any atom is 0.416 e. The van der Waals surface area contributed by atoms with Gasteiger partial charge in [-0.25, -0.2) is 0 Å². The van der Waals surface area contributed by atoms with Crippen LogP contribution in [0.15, 0.2) is 42.5 Å². The molecule has 0 fully saturated rings. The molecule has 8 heteroatoms. The van der Waals surface area contributed by atoms with Crippen molar-refractivity contribution in [1.29, 1.82) is 0 Å². The van der Waals surface area contributed by atoms with E-state index in [1.54, 1.807) is 17.0 Å². The number of rotatable bonds is 7. The minimum absolute atomic E-state index is 0.127. The molecule has 1 aliphatic rings. The molecule has 0 spiro atoms. The zero-order valence-corrected chi connectivity index (χ0v) is 15.3. The van der Waals surface area contributed by atoms with Gasteiger partial charge in [-0.2, -0.15) is 13.2 Å². The maximum absolute atomic E-state index is 12.9. The van der Waals surface area contributed by atoms with Crippen molar-refractivity contribution in [2.75, 3.05) is 27.1 Å². The van der Waals surface area contributed by atoms with E-state index in [0.717, 1.165) is 17.7 Å². The highest BCUT2D eigenvalue weighted by molar-refractivity contribution is 5.79. The summed E-state index contributed by atoms with van der Waals surface area (Å²) < 4.78 is 54.4. The molecule has 1 amide bonds. The summed E-state index contributed by atoms with van der Waals surface area (Å²) in [5.41, 5.74) is 0.377. The number of methoxy groups -OCH3 is 1. The summed E-state index contributed by atoms with van der Waals surface area (Å²) in [6, 6.07) is 10.2. The summed E-state index contributed by atoms with van der Waals surface area (Å²) in [6.07, 6.45) is -4.57. The van der Waals surface area contributed by atoms with Gasteiger partial charge in [0.2, 0.25) is 12.7 Å². The molecular formula is C20H20F3NO4. The average Bonchev–Trinajstić information content (AvgIpc) is 3.12. The average molecular weight is 395 g/mol. The standard InChI is InChI=1S/C20H20F3NO4/c1-26-8-7-24(12-15-5-6-17-18(10-15)28-13-27-17)19(25)11-14-3-2-4-16(9-14)20(21,22)23/h2-6,9-10H,7-8,11-13H2,1H3. The lowest BCUT2D eigenvalue weighted by molar-refractivity contribution is -0.138. The highest BCUT2D eigenvalue weighted by Gasteiger charge is 2.30. The Labute approximate surface area is 160 Å². The predicted molar refractivity (Wildman–Crippen MR) is 95.0 cm³/mol. The lowest BCUT2D eigenvalue weighted by Gasteiger charge is -2.23. The van der Waals surface area contributed by atoms with E-state index in [1.807, 2.05) is 6.07 Å². The molecule has 0 bridgehead atoms. The Morgan fingerprint density at radius 1 is 1.11 bits per heavy atom. The van der Waals surface area contributed by atoms with Crippen molar-refractivity contribution in [3.8, 4) is 11.5 Å². The normalized spacial score (nSPS) is 12.9. The number of hydrogen-bond acceptors (Lipinski definition) is 4. The molecule has 2 aromatic rings. The molecule has 0 saturated carbocycles. The first-order valence-corrected chi connectivity index (χ1v) is 8.68. The first-order chi connectivity index (χ1) is 13.4. The van der Waals surface area contributed by atoms with Crippen molar-refractivity contribution < 1.29 is 32.2 Å². The van der Waals surface area contributed by atoms with E-state index in [9.17, 15) is 18.0 Å². The topological polar surface area (TPSA) is 48.0 Å². The molecule has 2 aromatic carbocycles. The Morgan fingerprint density at radius 3 is 2.64 bits per heavy atom. The van der Waals surface area contributed by atoms with Crippen LogP contribution in [-0.2, 0) is 28.7 Å². The van der Waals surface area contributed by atoms with Crippen molar-refractivity contribution in [3.05, 3.63) is 59.2 Å². The molecule has 1 heterocycles. The van der Waals surface area contributed by atoms with E-state index in [2.05, 4.69) is 0 Å². The monoisotopic (exact) mass is 395 g/mol. The van der Waals surface area contributed by atoms with Crippen molar-refractivity contribution in [1.82, 2.24) is 4.90 Å². The molecule has 0 aromatic heterocycles. The van der Waals surface area contributed by atoms with E-state index in [1.165, 1.54) is 19.2 Å². The number of nitrogens with zero attached hydrogens (tertiary/aromatic N) is 1. The molecule has 28 heavy (non-hydrogen) atoms. The maximum atomic E-state index is 12.9. The van der Waals surface area contributed by atoms with Crippen LogP contribution in [0.5, 0.6) is 11.5 Å². The highest BCUT2D eigenvalue weighted by Crippen LogP contribution is 2.33. The second kappa shape index (κ2) is 8.52. The number of benzene rings is 2. The fourth-order valence-electron chi connectivity index (χ4n) is 2.90. The largest absolute Gasteiger partial charge is 0.454 e. The summed E-state index contributed by atoms with van der Waals surface area (Å²) in [4.78, 5) is 14.3. The van der Waals surface area contributed by atoms with Gasteiger partial charge < -0.3 is 19.1 Å². The number of amides is 1. The second-order valence-electron chi connectivity index (χ2n) is 6.37. The van der Waals surface area contributed by atoms with Crippen molar-refractivity contribution >= 4 is 5.91 Å². The predicted octanol–water partition coefficient (Wildman–Crippen LogP) is 3.65. The summed E-state index contributed by atoms with van der Waals surface area (Å²) >= 11 is 0. The Morgan fingerprint density at radius 2 is 1.89 bits per heavy atom. The Hall–Kier alpha value is -2.74. The van der Waals surface area contributed by atoms with Crippen molar-refractivity contribution in [2.24, 2.45) is 0 Å². The van der Waals surface area contributed by atoms with Crippen molar-refractivity contribution in [2.45, 2.75) is 19.1 Å². The van der Waals surface area contributed by atoms with Gasteiger partial charge in [-0.3, -0.25) is 4.79 Å². The lowest BCUT2D eigenvalue weighted by Crippen LogP contribution is -2.34. The molecule has 0 saturated heterocycles. The van der Waals surface area contributed by atoms with Crippen LogP contribution in [0.4, 0.5) is 13.2 Å². The molecule has 150 valence electrons. The molecule has 0 atom stereocenters. The summed E-state index contributed by atoms with van der Waals surface area (Å²) in [7, 11) is 1.52. The van der Waals surface area contributed by atoms with Gasteiger partial charge in [-0.15, -0.1) is 0 Å². The zero-order chi connectivity index (χ0) is 20.1. The molecular weight excluding hydrogens is 375 g/mol. The van der Waals surface area contributed by atoms with Crippen LogP contribution >= 0.6 is 0 Å².